The Labute approximate surface area is 71.0 Å². The Hall–Kier alpha value is -0.303. The molecule has 0 atom stereocenters. The van der Waals surface area contributed by atoms with Crippen LogP contribution in [0.1, 0.15) is 19.3 Å². The highest BCUT2D eigenvalue weighted by molar-refractivity contribution is 6.81. The highest BCUT2D eigenvalue weighted by Gasteiger charge is 2.10. The number of allylic oxidation sites excluding steroid dienone is 3. The average molecular weight is 166 g/mol. The lowest BCUT2D eigenvalue weighted by atomic mass is 10.0. The van der Waals surface area contributed by atoms with E-state index in [-0.39, 0.29) is 0 Å². The van der Waals surface area contributed by atoms with E-state index in [0.29, 0.717) is 0 Å². The average Bonchev–Trinajstić information content (AvgIpc) is 1.85. The van der Waals surface area contributed by atoms with Crippen LogP contribution in [-0.4, -0.2) is 8.07 Å². The second-order valence-corrected chi connectivity index (χ2v) is 9.40. The van der Waals surface area contributed by atoms with Gasteiger partial charge in [-0.1, -0.05) is 43.1 Å². The van der Waals surface area contributed by atoms with E-state index in [1.807, 2.05) is 0 Å². The van der Waals surface area contributed by atoms with Crippen LogP contribution in [0.3, 0.4) is 0 Å². The fourth-order valence-electron chi connectivity index (χ4n) is 1.42. The first-order chi connectivity index (χ1) is 5.08. The Morgan fingerprint density at radius 1 is 1.36 bits per heavy atom. The quantitative estimate of drug-likeness (QED) is 0.523. The van der Waals surface area contributed by atoms with E-state index in [1.165, 1.54) is 19.3 Å². The molecule has 0 spiro atoms. The Balaban J connectivity index is 2.65. The largest absolute Gasteiger partial charge is 0.0919 e. The molecule has 1 aliphatic carbocycles. The predicted molar refractivity (Wildman–Crippen MR) is 54.4 cm³/mol. The van der Waals surface area contributed by atoms with E-state index in [2.05, 4.69) is 37.5 Å². The normalized spacial score (nSPS) is 22.6. The zero-order valence-electron chi connectivity index (χ0n) is 7.85. The Kier molecular flexibility index (Phi) is 2.71. The zero-order chi connectivity index (χ0) is 8.32. The van der Waals surface area contributed by atoms with Crippen LogP contribution in [0.5, 0.6) is 0 Å². The van der Waals surface area contributed by atoms with Gasteiger partial charge >= 0.3 is 0 Å². The maximum Gasteiger partial charge on any atom is 0.0690 e. The van der Waals surface area contributed by atoms with E-state index in [1.54, 1.807) is 5.57 Å². The summed E-state index contributed by atoms with van der Waals surface area (Å²) in [7, 11) is -0.958. The van der Waals surface area contributed by atoms with Crippen LogP contribution in [0.25, 0.3) is 0 Å². The SMILES string of the molecule is C[Si](C)(C)/C=C1/C=CCCC1. The molecule has 1 aliphatic rings. The minimum Gasteiger partial charge on any atom is -0.0919 e. The predicted octanol–water partition coefficient (Wildman–Crippen LogP) is 3.53. The molecule has 0 aromatic carbocycles. The lowest BCUT2D eigenvalue weighted by Gasteiger charge is -2.14. The van der Waals surface area contributed by atoms with E-state index < -0.39 is 8.07 Å². The van der Waals surface area contributed by atoms with Gasteiger partial charge in [0.05, 0.1) is 8.07 Å². The first-order valence-corrected chi connectivity index (χ1v) is 8.04. The van der Waals surface area contributed by atoms with Gasteiger partial charge in [0.2, 0.25) is 0 Å². The molecule has 0 unspecified atom stereocenters. The molecule has 0 aliphatic heterocycles. The van der Waals surface area contributed by atoms with Gasteiger partial charge in [0.15, 0.2) is 0 Å². The van der Waals surface area contributed by atoms with Gasteiger partial charge in [-0.25, -0.2) is 0 Å². The molecular formula is C10H18Si. The summed E-state index contributed by atoms with van der Waals surface area (Å²) in [5, 5.41) is 0. The first-order valence-electron chi connectivity index (χ1n) is 4.46. The lowest BCUT2D eigenvalue weighted by Crippen LogP contribution is -2.16. The minimum absolute atomic E-state index is 0.958. The summed E-state index contributed by atoms with van der Waals surface area (Å²) in [5.74, 6) is 0. The topological polar surface area (TPSA) is 0 Å². The number of hydrogen-bond donors (Lipinski definition) is 0. The van der Waals surface area contributed by atoms with Crippen molar-refractivity contribution in [3.63, 3.8) is 0 Å². The van der Waals surface area contributed by atoms with Gasteiger partial charge in [-0.3, -0.25) is 0 Å². The molecule has 0 nitrogen and oxygen atoms in total. The van der Waals surface area contributed by atoms with Gasteiger partial charge in [0.25, 0.3) is 0 Å². The van der Waals surface area contributed by atoms with Crippen molar-refractivity contribution in [1.82, 2.24) is 0 Å². The molecular weight excluding hydrogens is 148 g/mol. The van der Waals surface area contributed by atoms with Crippen molar-refractivity contribution in [2.24, 2.45) is 0 Å². The van der Waals surface area contributed by atoms with Crippen LogP contribution in [0.2, 0.25) is 19.6 Å². The van der Waals surface area contributed by atoms with Crippen molar-refractivity contribution in [2.75, 3.05) is 0 Å². The number of rotatable bonds is 1. The Morgan fingerprint density at radius 3 is 2.55 bits per heavy atom. The fourth-order valence-corrected chi connectivity index (χ4v) is 2.77. The number of hydrogen-bond acceptors (Lipinski definition) is 0. The molecule has 0 aromatic rings. The zero-order valence-corrected chi connectivity index (χ0v) is 8.85. The van der Waals surface area contributed by atoms with Crippen LogP contribution < -0.4 is 0 Å². The second kappa shape index (κ2) is 3.40. The maximum atomic E-state index is 2.52. The van der Waals surface area contributed by atoms with E-state index in [4.69, 9.17) is 0 Å². The summed E-state index contributed by atoms with van der Waals surface area (Å²) in [6.07, 6.45) is 8.55. The van der Waals surface area contributed by atoms with Crippen LogP contribution in [-0.2, 0) is 0 Å². The summed E-state index contributed by atoms with van der Waals surface area (Å²) >= 11 is 0. The molecule has 11 heavy (non-hydrogen) atoms. The van der Waals surface area contributed by atoms with E-state index in [0.717, 1.165) is 0 Å². The third kappa shape index (κ3) is 3.56. The van der Waals surface area contributed by atoms with Gasteiger partial charge in [0, 0.05) is 0 Å². The summed E-state index contributed by atoms with van der Waals surface area (Å²) in [6.45, 7) is 7.17. The molecule has 0 saturated heterocycles. The van der Waals surface area contributed by atoms with E-state index in [9.17, 15) is 0 Å². The van der Waals surface area contributed by atoms with Crippen molar-refractivity contribution < 1.29 is 0 Å². The molecule has 0 radical (unpaired) electrons. The van der Waals surface area contributed by atoms with E-state index >= 15 is 0 Å². The Morgan fingerprint density at radius 2 is 2.09 bits per heavy atom. The van der Waals surface area contributed by atoms with Crippen LogP contribution in [0.15, 0.2) is 23.4 Å². The highest BCUT2D eigenvalue weighted by Crippen LogP contribution is 2.18. The summed E-state index contributed by atoms with van der Waals surface area (Å²) < 4.78 is 0. The highest BCUT2D eigenvalue weighted by atomic mass is 28.3. The molecule has 1 heteroatoms. The fraction of sp³-hybridized carbons (Fsp3) is 0.600. The Bertz CT molecular complexity index is 182. The summed E-state index contributed by atoms with van der Waals surface area (Å²) in [4.78, 5) is 0. The third-order valence-corrected chi connectivity index (χ3v) is 3.02. The minimum atomic E-state index is -0.958. The van der Waals surface area contributed by atoms with Gasteiger partial charge < -0.3 is 0 Å². The van der Waals surface area contributed by atoms with Crippen molar-refractivity contribution >= 4 is 8.07 Å². The summed E-state index contributed by atoms with van der Waals surface area (Å²) in [6, 6.07) is 0. The molecule has 0 N–H and O–H groups in total. The van der Waals surface area contributed by atoms with Gasteiger partial charge in [-0.15, -0.1) is 0 Å². The van der Waals surface area contributed by atoms with Crippen molar-refractivity contribution in [2.45, 2.75) is 38.9 Å². The molecule has 1 rings (SSSR count). The van der Waals surface area contributed by atoms with Crippen LogP contribution >= 0.6 is 0 Å². The molecule has 62 valence electrons. The lowest BCUT2D eigenvalue weighted by molar-refractivity contribution is 0.822. The van der Waals surface area contributed by atoms with Gasteiger partial charge in [-0.2, -0.15) is 0 Å². The van der Waals surface area contributed by atoms with Crippen molar-refractivity contribution in [3.05, 3.63) is 23.4 Å². The summed E-state index contributed by atoms with van der Waals surface area (Å²) in [5.41, 5.74) is 4.10. The molecule has 0 aromatic heterocycles. The molecule has 0 amide bonds. The van der Waals surface area contributed by atoms with Gasteiger partial charge in [-0.05, 0) is 19.3 Å². The van der Waals surface area contributed by atoms with Gasteiger partial charge in [0.1, 0.15) is 0 Å². The standard InChI is InChI=1S/C10H18Si/c1-11(2,3)9-10-7-5-4-6-8-10/h5,7,9H,4,6,8H2,1-3H3/b10-9-. The monoisotopic (exact) mass is 166 g/mol. The molecule has 0 saturated carbocycles. The molecule has 0 heterocycles. The smallest absolute Gasteiger partial charge is 0.0690 e. The first kappa shape index (κ1) is 8.79. The van der Waals surface area contributed by atoms with Crippen LogP contribution in [0, 0.1) is 0 Å². The van der Waals surface area contributed by atoms with Crippen molar-refractivity contribution in [1.29, 1.82) is 0 Å². The van der Waals surface area contributed by atoms with Crippen molar-refractivity contribution in [3.8, 4) is 0 Å². The molecule has 0 bridgehead atoms. The van der Waals surface area contributed by atoms with Crippen LogP contribution in [0.4, 0.5) is 0 Å². The second-order valence-electron chi connectivity index (χ2n) is 4.38. The maximum absolute atomic E-state index is 2.52. The third-order valence-electron chi connectivity index (χ3n) is 1.79. The molecule has 0 fully saturated rings.